The molecule has 0 aliphatic heterocycles. The number of benzene rings is 6. The highest BCUT2D eigenvalue weighted by Gasteiger charge is 2.27. The second kappa shape index (κ2) is 29.0. The van der Waals surface area contributed by atoms with Gasteiger partial charge in [0.15, 0.2) is 0 Å². The Labute approximate surface area is 375 Å². The maximum Gasteiger partial charge on any atom is 0.0358 e. The van der Waals surface area contributed by atoms with Gasteiger partial charge in [-0.3, -0.25) is 0 Å². The number of unbranched alkanes of at least 4 members (excludes halogenated alkanes) is 18. The van der Waals surface area contributed by atoms with E-state index in [0.717, 1.165) is 0 Å². The largest absolute Gasteiger partial charge is 0.135 e. The molecule has 0 N–H and O–H groups in total. The molecule has 0 saturated heterocycles. The summed E-state index contributed by atoms with van der Waals surface area (Å²) in [6, 6.07) is 58.6. The fourth-order valence-corrected chi connectivity index (χ4v) is 10.1. The summed E-state index contributed by atoms with van der Waals surface area (Å²) in [5.41, 5.74) is 6.75. The normalized spacial score (nSPS) is 11.1. The SMILES string of the molecule is CCCCCCCCCCCCCCCCCCCCC.Cc1cccc2sc3ccccc3c12.c1ccc(C(c2ccccc2)C(c2ccccc2)c2ccccc2)cc1. The van der Waals surface area contributed by atoms with Gasteiger partial charge < -0.3 is 0 Å². The van der Waals surface area contributed by atoms with Gasteiger partial charge in [-0.1, -0.05) is 288 Å². The third-order valence-corrected chi connectivity index (χ3v) is 13.4. The van der Waals surface area contributed by atoms with Crippen molar-refractivity contribution in [2.45, 2.75) is 155 Å². The van der Waals surface area contributed by atoms with E-state index in [4.69, 9.17) is 0 Å². The predicted molar refractivity (Wildman–Crippen MR) is 273 cm³/mol. The topological polar surface area (TPSA) is 0 Å². The molecule has 7 rings (SSSR count). The van der Waals surface area contributed by atoms with Crippen LogP contribution in [0.25, 0.3) is 20.2 Å². The van der Waals surface area contributed by atoms with Gasteiger partial charge in [0, 0.05) is 32.0 Å². The lowest BCUT2D eigenvalue weighted by Crippen LogP contribution is -2.14. The quantitative estimate of drug-likeness (QED) is 0.0564. The van der Waals surface area contributed by atoms with Crippen LogP contribution in [0.4, 0.5) is 0 Å². The van der Waals surface area contributed by atoms with Crippen LogP contribution >= 0.6 is 11.3 Å². The fourth-order valence-electron chi connectivity index (χ4n) is 8.90. The maximum atomic E-state index is 2.30. The Bertz CT molecular complexity index is 1940. The molecular formula is C60H76S. The molecular weight excluding hydrogens is 753 g/mol. The predicted octanol–water partition coefficient (Wildman–Crippen LogP) is 19.5. The molecule has 61 heavy (non-hydrogen) atoms. The molecule has 0 aliphatic rings. The van der Waals surface area contributed by atoms with Gasteiger partial charge in [-0.05, 0) is 46.9 Å². The van der Waals surface area contributed by atoms with Crippen LogP contribution in [-0.2, 0) is 0 Å². The fraction of sp³-hybridized carbons (Fsp3) is 0.400. The zero-order valence-corrected chi connectivity index (χ0v) is 38.9. The number of hydrogen-bond acceptors (Lipinski definition) is 1. The Kier molecular flexibility index (Phi) is 22.6. The van der Waals surface area contributed by atoms with E-state index in [1.54, 1.807) is 0 Å². The average molecular weight is 829 g/mol. The number of aryl methyl sites for hydroxylation is 1. The second-order valence-corrected chi connectivity index (χ2v) is 18.2. The van der Waals surface area contributed by atoms with E-state index in [2.05, 4.69) is 185 Å². The van der Waals surface area contributed by atoms with Gasteiger partial charge in [-0.15, -0.1) is 11.3 Å². The lowest BCUT2D eigenvalue weighted by Gasteiger charge is -2.29. The van der Waals surface area contributed by atoms with Gasteiger partial charge in [-0.25, -0.2) is 0 Å². The van der Waals surface area contributed by atoms with Crippen LogP contribution in [0.2, 0.25) is 0 Å². The van der Waals surface area contributed by atoms with Gasteiger partial charge in [0.1, 0.15) is 0 Å². The molecule has 1 heteroatoms. The van der Waals surface area contributed by atoms with Crippen LogP contribution in [0, 0.1) is 6.92 Å². The molecule has 1 aromatic heterocycles. The van der Waals surface area contributed by atoms with Gasteiger partial charge in [0.25, 0.3) is 0 Å². The van der Waals surface area contributed by atoms with Crippen LogP contribution in [0.3, 0.4) is 0 Å². The first-order valence-corrected chi connectivity index (χ1v) is 25.1. The summed E-state index contributed by atoms with van der Waals surface area (Å²) < 4.78 is 2.78. The summed E-state index contributed by atoms with van der Waals surface area (Å²) in [4.78, 5) is 0. The van der Waals surface area contributed by atoms with E-state index in [-0.39, 0.29) is 11.8 Å². The van der Waals surface area contributed by atoms with Gasteiger partial charge in [-0.2, -0.15) is 0 Å². The molecule has 0 amide bonds. The Hall–Kier alpha value is -4.46. The first-order chi connectivity index (χ1) is 30.2. The molecule has 0 spiro atoms. The van der Waals surface area contributed by atoms with E-state index in [9.17, 15) is 0 Å². The van der Waals surface area contributed by atoms with Crippen molar-refractivity contribution in [2.24, 2.45) is 0 Å². The Balaban J connectivity index is 0.000000181. The molecule has 0 bridgehead atoms. The second-order valence-electron chi connectivity index (χ2n) is 17.2. The highest BCUT2D eigenvalue weighted by Crippen LogP contribution is 2.42. The Morgan fingerprint density at radius 1 is 0.311 bits per heavy atom. The van der Waals surface area contributed by atoms with Gasteiger partial charge in [0.05, 0.1) is 0 Å². The molecule has 0 atom stereocenters. The Morgan fingerprint density at radius 3 is 0.951 bits per heavy atom. The number of thiophene rings is 1. The summed E-state index contributed by atoms with van der Waals surface area (Å²) in [7, 11) is 0. The van der Waals surface area contributed by atoms with Crippen molar-refractivity contribution in [3.05, 3.63) is 192 Å². The van der Waals surface area contributed by atoms with Crippen molar-refractivity contribution in [1.82, 2.24) is 0 Å². The summed E-state index contributed by atoms with van der Waals surface area (Å²) >= 11 is 1.88. The third-order valence-electron chi connectivity index (χ3n) is 12.3. The molecule has 1 heterocycles. The highest BCUT2D eigenvalue weighted by atomic mass is 32.1. The van der Waals surface area contributed by atoms with E-state index in [1.807, 2.05) is 11.3 Å². The van der Waals surface area contributed by atoms with E-state index in [1.165, 1.54) is 170 Å². The standard InChI is InChI=1S/C26H22.C21H44.C13H10S/c1-5-13-21(14-6-1)25(22-15-7-2-8-16-22)26(23-17-9-3-10-18-23)24-19-11-4-12-20-24;1-3-5-7-9-11-13-15-17-19-21-20-18-16-14-12-10-8-6-4-2;1-9-5-4-8-12-13(9)10-6-2-3-7-11(10)14-12/h1-20,25-26H;3-21H2,1-2H3;2-8H,1H3. The first kappa shape index (κ1) is 47.6. The highest BCUT2D eigenvalue weighted by molar-refractivity contribution is 7.25. The van der Waals surface area contributed by atoms with E-state index in [0.29, 0.717) is 0 Å². The zero-order valence-electron chi connectivity index (χ0n) is 38.1. The van der Waals surface area contributed by atoms with Crippen LogP contribution in [-0.4, -0.2) is 0 Å². The van der Waals surface area contributed by atoms with Crippen LogP contribution in [0.1, 0.15) is 175 Å². The monoisotopic (exact) mass is 829 g/mol. The molecule has 0 aliphatic carbocycles. The zero-order chi connectivity index (χ0) is 42.6. The van der Waals surface area contributed by atoms with Crippen molar-refractivity contribution in [1.29, 1.82) is 0 Å². The number of fused-ring (bicyclic) bond motifs is 3. The summed E-state index contributed by atoms with van der Waals surface area (Å²) in [5.74, 6) is 0.532. The minimum absolute atomic E-state index is 0.266. The van der Waals surface area contributed by atoms with Gasteiger partial charge >= 0.3 is 0 Å². The molecule has 7 aromatic rings. The van der Waals surface area contributed by atoms with Crippen molar-refractivity contribution in [3.8, 4) is 0 Å². The van der Waals surface area contributed by atoms with Crippen LogP contribution in [0.15, 0.2) is 164 Å². The molecule has 0 fully saturated rings. The van der Waals surface area contributed by atoms with Gasteiger partial charge in [0.2, 0.25) is 0 Å². The van der Waals surface area contributed by atoms with Crippen molar-refractivity contribution in [2.75, 3.05) is 0 Å². The maximum absolute atomic E-state index is 2.30. The van der Waals surface area contributed by atoms with Crippen LogP contribution in [0.5, 0.6) is 0 Å². The van der Waals surface area contributed by atoms with Crippen molar-refractivity contribution in [3.63, 3.8) is 0 Å². The third kappa shape index (κ3) is 16.4. The van der Waals surface area contributed by atoms with Crippen molar-refractivity contribution >= 4 is 31.5 Å². The minimum atomic E-state index is 0.266. The molecule has 0 saturated carbocycles. The van der Waals surface area contributed by atoms with E-state index < -0.39 is 0 Å². The van der Waals surface area contributed by atoms with Crippen LogP contribution < -0.4 is 0 Å². The molecule has 322 valence electrons. The first-order valence-electron chi connectivity index (χ1n) is 24.3. The lowest BCUT2D eigenvalue weighted by atomic mass is 9.74. The molecule has 6 aromatic carbocycles. The molecule has 0 radical (unpaired) electrons. The summed E-state index contributed by atoms with van der Waals surface area (Å²) in [5, 5.41) is 2.82. The van der Waals surface area contributed by atoms with E-state index >= 15 is 0 Å². The molecule has 0 unspecified atom stereocenters. The minimum Gasteiger partial charge on any atom is -0.135 e. The smallest absolute Gasteiger partial charge is 0.0358 e. The lowest BCUT2D eigenvalue weighted by molar-refractivity contribution is 0.524. The van der Waals surface area contributed by atoms with Crippen molar-refractivity contribution < 1.29 is 0 Å². The molecule has 0 nitrogen and oxygen atoms in total. The Morgan fingerprint density at radius 2 is 0.607 bits per heavy atom. The number of hydrogen-bond donors (Lipinski definition) is 0. The average Bonchev–Trinajstić information content (AvgIpc) is 3.71. The number of rotatable bonds is 23. The summed E-state index contributed by atoms with van der Waals surface area (Å²) in [6.45, 7) is 6.78. The summed E-state index contributed by atoms with van der Waals surface area (Å²) in [6.07, 6.45) is 27.9.